The van der Waals surface area contributed by atoms with Crippen LogP contribution in [0.1, 0.15) is 37.8 Å². The molecule has 0 heterocycles. The van der Waals surface area contributed by atoms with Crippen LogP contribution in [0.5, 0.6) is 5.75 Å². The monoisotopic (exact) mass is 260 g/mol. The average Bonchev–Trinajstić information content (AvgIpc) is 2.37. The second kappa shape index (κ2) is 7.16. The number of hydrogen-bond donors (Lipinski definition) is 1. The number of benzene rings is 1. The van der Waals surface area contributed by atoms with Gasteiger partial charge in [0.25, 0.3) is 0 Å². The highest BCUT2D eigenvalue weighted by atomic mass is 16.5. The van der Waals surface area contributed by atoms with Gasteiger partial charge in [-0.3, -0.25) is 0 Å². The minimum atomic E-state index is -0.261. The summed E-state index contributed by atoms with van der Waals surface area (Å²) in [6.07, 6.45) is 1.75. The lowest BCUT2D eigenvalue weighted by Gasteiger charge is -2.17. The summed E-state index contributed by atoms with van der Waals surface area (Å²) in [6.45, 7) is 7.46. The molecule has 0 amide bonds. The number of nitriles is 1. The number of ether oxygens (including phenoxy) is 1. The molecule has 1 aromatic rings. The molecule has 0 saturated heterocycles. The molecule has 0 saturated carbocycles. The van der Waals surface area contributed by atoms with Crippen LogP contribution in [0.15, 0.2) is 18.2 Å². The van der Waals surface area contributed by atoms with Crippen LogP contribution in [-0.4, -0.2) is 13.7 Å². The van der Waals surface area contributed by atoms with Gasteiger partial charge >= 0.3 is 0 Å². The Morgan fingerprint density at radius 3 is 2.74 bits per heavy atom. The molecule has 0 spiro atoms. The summed E-state index contributed by atoms with van der Waals surface area (Å²) < 4.78 is 5.91. The minimum Gasteiger partial charge on any atom is -0.493 e. The number of hydrogen-bond acceptors (Lipinski definition) is 3. The molecule has 1 N–H and O–H groups in total. The molecular weight excluding hydrogens is 236 g/mol. The highest BCUT2D eigenvalue weighted by Gasteiger charge is 2.16. The van der Waals surface area contributed by atoms with E-state index in [1.165, 1.54) is 5.56 Å². The van der Waals surface area contributed by atoms with Crippen LogP contribution in [0.4, 0.5) is 0 Å². The SMILES string of the molecule is CNCc1cccc(C)c1OCCCC(C)(C)C#N. The smallest absolute Gasteiger partial charge is 0.126 e. The van der Waals surface area contributed by atoms with E-state index in [2.05, 4.69) is 30.4 Å². The third-order valence-electron chi connectivity index (χ3n) is 3.16. The first-order valence-corrected chi connectivity index (χ1v) is 6.77. The number of para-hydroxylation sites is 1. The third kappa shape index (κ3) is 4.92. The lowest BCUT2D eigenvalue weighted by atomic mass is 9.90. The topological polar surface area (TPSA) is 45.0 Å². The van der Waals surface area contributed by atoms with E-state index >= 15 is 0 Å². The molecule has 104 valence electrons. The zero-order valence-electron chi connectivity index (χ0n) is 12.4. The van der Waals surface area contributed by atoms with Gasteiger partial charge in [0, 0.05) is 12.1 Å². The van der Waals surface area contributed by atoms with Crippen LogP contribution < -0.4 is 10.1 Å². The third-order valence-corrected chi connectivity index (χ3v) is 3.16. The van der Waals surface area contributed by atoms with Crippen molar-refractivity contribution in [2.24, 2.45) is 5.41 Å². The summed E-state index contributed by atoms with van der Waals surface area (Å²) in [5.74, 6) is 0.978. The Bertz CT molecular complexity index is 447. The van der Waals surface area contributed by atoms with Gasteiger partial charge in [0.05, 0.1) is 18.1 Å². The summed E-state index contributed by atoms with van der Waals surface area (Å²) in [4.78, 5) is 0. The van der Waals surface area contributed by atoms with Crippen molar-refractivity contribution < 1.29 is 4.74 Å². The van der Waals surface area contributed by atoms with Crippen LogP contribution in [-0.2, 0) is 6.54 Å². The standard InChI is InChI=1S/C16H24N2O/c1-13-7-5-8-14(11-18-4)15(13)19-10-6-9-16(2,3)12-17/h5,7-8,18H,6,9-11H2,1-4H3. The van der Waals surface area contributed by atoms with Crippen LogP contribution in [0.2, 0.25) is 0 Å². The van der Waals surface area contributed by atoms with Crippen molar-refractivity contribution in [1.82, 2.24) is 5.32 Å². The van der Waals surface area contributed by atoms with E-state index in [9.17, 15) is 0 Å². The highest BCUT2D eigenvalue weighted by molar-refractivity contribution is 5.40. The van der Waals surface area contributed by atoms with Crippen molar-refractivity contribution in [3.8, 4) is 11.8 Å². The van der Waals surface area contributed by atoms with E-state index in [0.717, 1.165) is 30.7 Å². The maximum absolute atomic E-state index is 8.97. The van der Waals surface area contributed by atoms with Crippen LogP contribution in [0, 0.1) is 23.7 Å². The van der Waals surface area contributed by atoms with Crippen LogP contribution in [0.25, 0.3) is 0 Å². The predicted octanol–water partition coefficient (Wildman–Crippen LogP) is 3.42. The second-order valence-electron chi connectivity index (χ2n) is 5.54. The minimum absolute atomic E-state index is 0.261. The summed E-state index contributed by atoms with van der Waals surface area (Å²) in [7, 11) is 1.93. The van der Waals surface area contributed by atoms with Crippen molar-refractivity contribution in [3.63, 3.8) is 0 Å². The van der Waals surface area contributed by atoms with E-state index in [-0.39, 0.29) is 5.41 Å². The maximum Gasteiger partial charge on any atom is 0.126 e. The fourth-order valence-electron chi connectivity index (χ4n) is 1.99. The Morgan fingerprint density at radius 1 is 1.37 bits per heavy atom. The summed E-state index contributed by atoms with van der Waals surface area (Å²) in [6, 6.07) is 8.51. The molecule has 1 rings (SSSR count). The van der Waals surface area contributed by atoms with Gasteiger partial charge in [0.1, 0.15) is 5.75 Å². The molecule has 0 bridgehead atoms. The Labute approximate surface area is 116 Å². The normalized spacial score (nSPS) is 11.1. The predicted molar refractivity (Wildman–Crippen MR) is 78.1 cm³/mol. The van der Waals surface area contributed by atoms with Gasteiger partial charge in [0.2, 0.25) is 0 Å². The van der Waals surface area contributed by atoms with Crippen molar-refractivity contribution in [3.05, 3.63) is 29.3 Å². The highest BCUT2D eigenvalue weighted by Crippen LogP contribution is 2.25. The molecule has 1 aromatic carbocycles. The number of nitrogens with one attached hydrogen (secondary N) is 1. The molecule has 0 aliphatic rings. The Hall–Kier alpha value is -1.53. The fourth-order valence-corrected chi connectivity index (χ4v) is 1.99. The van der Waals surface area contributed by atoms with E-state index in [4.69, 9.17) is 10.00 Å². The van der Waals surface area contributed by atoms with Crippen molar-refractivity contribution >= 4 is 0 Å². The van der Waals surface area contributed by atoms with Gasteiger partial charge in [-0.25, -0.2) is 0 Å². The molecule has 3 nitrogen and oxygen atoms in total. The molecular formula is C16H24N2O. The summed E-state index contributed by atoms with van der Waals surface area (Å²) in [5, 5.41) is 12.1. The number of rotatable bonds is 7. The molecule has 0 aliphatic carbocycles. The van der Waals surface area contributed by atoms with Gasteiger partial charge in [-0.1, -0.05) is 18.2 Å². The Kier molecular flexibility index (Phi) is 5.85. The molecule has 0 radical (unpaired) electrons. The quantitative estimate of drug-likeness (QED) is 0.764. The van der Waals surface area contributed by atoms with Crippen LogP contribution >= 0.6 is 0 Å². The molecule has 0 atom stereocenters. The Balaban J connectivity index is 2.56. The molecule has 0 aliphatic heterocycles. The largest absolute Gasteiger partial charge is 0.493 e. The van der Waals surface area contributed by atoms with Gasteiger partial charge < -0.3 is 10.1 Å². The maximum atomic E-state index is 8.97. The van der Waals surface area contributed by atoms with Gasteiger partial charge in [-0.2, -0.15) is 5.26 Å². The molecule has 3 heteroatoms. The number of aryl methyl sites for hydroxylation is 1. The molecule has 19 heavy (non-hydrogen) atoms. The zero-order valence-corrected chi connectivity index (χ0v) is 12.4. The lowest BCUT2D eigenvalue weighted by Crippen LogP contribution is -2.12. The fraction of sp³-hybridized carbons (Fsp3) is 0.562. The number of nitrogens with zero attached hydrogens (tertiary/aromatic N) is 1. The summed E-state index contributed by atoms with van der Waals surface area (Å²) >= 11 is 0. The lowest BCUT2D eigenvalue weighted by molar-refractivity contribution is 0.280. The van der Waals surface area contributed by atoms with E-state index < -0.39 is 0 Å². The van der Waals surface area contributed by atoms with Gasteiger partial charge in [0.15, 0.2) is 0 Å². The van der Waals surface area contributed by atoms with Crippen molar-refractivity contribution in [2.45, 2.75) is 40.2 Å². The second-order valence-corrected chi connectivity index (χ2v) is 5.54. The first-order chi connectivity index (χ1) is 9.00. The van der Waals surface area contributed by atoms with Crippen LogP contribution in [0.3, 0.4) is 0 Å². The Morgan fingerprint density at radius 2 is 2.11 bits per heavy atom. The first kappa shape index (κ1) is 15.5. The van der Waals surface area contributed by atoms with Gasteiger partial charge in [-0.05, 0) is 46.2 Å². The van der Waals surface area contributed by atoms with E-state index in [0.29, 0.717) is 6.61 Å². The molecule has 0 unspecified atom stereocenters. The first-order valence-electron chi connectivity index (χ1n) is 6.77. The van der Waals surface area contributed by atoms with Crippen molar-refractivity contribution in [1.29, 1.82) is 5.26 Å². The molecule has 0 fully saturated rings. The van der Waals surface area contributed by atoms with Gasteiger partial charge in [-0.15, -0.1) is 0 Å². The zero-order chi connectivity index (χ0) is 14.3. The summed E-state index contributed by atoms with van der Waals surface area (Å²) in [5.41, 5.74) is 2.08. The van der Waals surface area contributed by atoms with Crippen molar-refractivity contribution in [2.75, 3.05) is 13.7 Å². The van der Waals surface area contributed by atoms with E-state index in [1.807, 2.05) is 27.0 Å². The average molecular weight is 260 g/mol. The van der Waals surface area contributed by atoms with E-state index in [1.54, 1.807) is 0 Å². The molecule has 0 aromatic heterocycles.